The highest BCUT2D eigenvalue weighted by Gasteiger charge is 2.38. The van der Waals surface area contributed by atoms with E-state index in [1.807, 2.05) is 0 Å². The Labute approximate surface area is 112 Å². The molecule has 2 heteroatoms. The third-order valence-electron chi connectivity index (χ3n) is 5.75. The molecule has 0 radical (unpaired) electrons. The normalized spacial score (nSPS) is 37.5. The Balaban J connectivity index is 1.29. The van der Waals surface area contributed by atoms with Crippen molar-refractivity contribution in [3.05, 3.63) is 0 Å². The summed E-state index contributed by atoms with van der Waals surface area (Å²) in [6.07, 6.45) is 12.3. The van der Waals surface area contributed by atoms with E-state index >= 15 is 0 Å². The van der Waals surface area contributed by atoms with Crippen molar-refractivity contribution in [3.63, 3.8) is 0 Å². The summed E-state index contributed by atoms with van der Waals surface area (Å²) in [7, 11) is 0. The highest BCUT2D eigenvalue weighted by molar-refractivity contribution is 4.90. The van der Waals surface area contributed by atoms with Crippen LogP contribution in [0.4, 0.5) is 0 Å². The first-order valence-corrected chi connectivity index (χ1v) is 8.20. The number of aliphatic hydroxyl groups is 1. The van der Waals surface area contributed by atoms with E-state index in [2.05, 4.69) is 5.32 Å². The van der Waals surface area contributed by atoms with Crippen molar-refractivity contribution >= 4 is 0 Å². The Morgan fingerprint density at radius 1 is 1.06 bits per heavy atom. The first-order valence-electron chi connectivity index (χ1n) is 8.20. The molecule has 2 bridgehead atoms. The number of nitrogens with one attached hydrogen (secondary N) is 1. The summed E-state index contributed by atoms with van der Waals surface area (Å²) in [5.41, 5.74) is 0. The van der Waals surface area contributed by atoms with Crippen LogP contribution in [-0.4, -0.2) is 24.3 Å². The zero-order chi connectivity index (χ0) is 12.4. The minimum absolute atomic E-state index is 0.105. The fraction of sp³-hybridized carbons (Fsp3) is 1.00. The molecular formula is C16H29NO. The van der Waals surface area contributed by atoms with Gasteiger partial charge in [0.15, 0.2) is 0 Å². The molecule has 2 N–H and O–H groups in total. The van der Waals surface area contributed by atoms with Crippen molar-refractivity contribution in [2.24, 2.45) is 23.7 Å². The number of hydrogen-bond donors (Lipinski definition) is 2. The molecule has 4 atom stereocenters. The van der Waals surface area contributed by atoms with Crippen LogP contribution in [0.15, 0.2) is 0 Å². The van der Waals surface area contributed by atoms with Crippen molar-refractivity contribution in [1.82, 2.24) is 5.32 Å². The second kappa shape index (κ2) is 5.92. The zero-order valence-electron chi connectivity index (χ0n) is 11.6. The molecular weight excluding hydrogens is 222 g/mol. The molecule has 3 aliphatic carbocycles. The molecule has 3 fully saturated rings. The average molecular weight is 251 g/mol. The van der Waals surface area contributed by atoms with Crippen LogP contribution >= 0.6 is 0 Å². The summed E-state index contributed by atoms with van der Waals surface area (Å²) < 4.78 is 0. The molecule has 3 rings (SSSR count). The van der Waals surface area contributed by atoms with Crippen molar-refractivity contribution in [2.75, 3.05) is 13.1 Å². The van der Waals surface area contributed by atoms with Gasteiger partial charge in [0, 0.05) is 6.54 Å². The zero-order valence-corrected chi connectivity index (χ0v) is 11.6. The Hall–Kier alpha value is -0.0800. The number of fused-ring (bicyclic) bond motifs is 2. The largest absolute Gasteiger partial charge is 0.392 e. The number of hydrogen-bond acceptors (Lipinski definition) is 2. The predicted octanol–water partition coefficient (Wildman–Crippen LogP) is 2.95. The lowest BCUT2D eigenvalue weighted by molar-refractivity contribution is 0.137. The monoisotopic (exact) mass is 251 g/mol. The minimum atomic E-state index is -0.105. The van der Waals surface area contributed by atoms with Crippen molar-refractivity contribution in [3.8, 4) is 0 Å². The fourth-order valence-corrected chi connectivity index (χ4v) is 4.78. The maximum absolute atomic E-state index is 10.1. The van der Waals surface area contributed by atoms with E-state index in [-0.39, 0.29) is 6.10 Å². The first-order chi connectivity index (χ1) is 8.81. The summed E-state index contributed by atoms with van der Waals surface area (Å²) in [6, 6.07) is 0. The van der Waals surface area contributed by atoms with E-state index in [0.717, 1.165) is 43.2 Å². The van der Waals surface area contributed by atoms with Crippen molar-refractivity contribution in [2.45, 2.75) is 63.9 Å². The van der Waals surface area contributed by atoms with Gasteiger partial charge in [-0.2, -0.15) is 0 Å². The molecule has 4 unspecified atom stereocenters. The Morgan fingerprint density at radius 2 is 1.89 bits per heavy atom. The topological polar surface area (TPSA) is 32.3 Å². The third-order valence-corrected chi connectivity index (χ3v) is 5.75. The fourth-order valence-electron chi connectivity index (χ4n) is 4.78. The summed E-state index contributed by atoms with van der Waals surface area (Å²) in [5.74, 6) is 3.78. The Bertz CT molecular complexity index is 262. The van der Waals surface area contributed by atoms with Gasteiger partial charge in [0.05, 0.1) is 6.10 Å². The maximum atomic E-state index is 10.1. The van der Waals surface area contributed by atoms with Crippen LogP contribution < -0.4 is 5.32 Å². The summed E-state index contributed by atoms with van der Waals surface area (Å²) in [4.78, 5) is 0. The van der Waals surface area contributed by atoms with Crippen LogP contribution in [0.25, 0.3) is 0 Å². The molecule has 0 aromatic rings. The van der Waals surface area contributed by atoms with Crippen LogP contribution in [0.2, 0.25) is 0 Å². The lowest BCUT2D eigenvalue weighted by atomic mass is 9.89. The molecule has 3 aliphatic rings. The maximum Gasteiger partial charge on any atom is 0.0667 e. The SMILES string of the molecule is OC(CNCC1CC2CCC1C2)CC1CCCC1. The summed E-state index contributed by atoms with van der Waals surface area (Å²) in [6.45, 7) is 1.98. The molecule has 18 heavy (non-hydrogen) atoms. The van der Waals surface area contributed by atoms with Gasteiger partial charge in [-0.25, -0.2) is 0 Å². The van der Waals surface area contributed by atoms with Gasteiger partial charge in [-0.1, -0.05) is 32.1 Å². The van der Waals surface area contributed by atoms with Gasteiger partial charge in [-0.3, -0.25) is 0 Å². The molecule has 0 aromatic heterocycles. The second-order valence-corrected chi connectivity index (χ2v) is 7.13. The van der Waals surface area contributed by atoms with E-state index < -0.39 is 0 Å². The van der Waals surface area contributed by atoms with E-state index in [4.69, 9.17) is 0 Å². The van der Waals surface area contributed by atoms with Crippen molar-refractivity contribution in [1.29, 1.82) is 0 Å². The molecule has 0 aliphatic heterocycles. The van der Waals surface area contributed by atoms with E-state index in [0.29, 0.717) is 0 Å². The third kappa shape index (κ3) is 3.08. The van der Waals surface area contributed by atoms with Crippen LogP contribution in [0.5, 0.6) is 0 Å². The van der Waals surface area contributed by atoms with Crippen molar-refractivity contribution < 1.29 is 5.11 Å². The smallest absolute Gasteiger partial charge is 0.0667 e. The van der Waals surface area contributed by atoms with E-state index in [1.165, 1.54) is 51.4 Å². The van der Waals surface area contributed by atoms with Gasteiger partial charge in [0.25, 0.3) is 0 Å². The standard InChI is InChI=1S/C16H29NO/c18-16(9-12-3-1-2-4-12)11-17-10-15-8-13-5-6-14(15)7-13/h12-18H,1-11H2. The van der Waals surface area contributed by atoms with Crippen LogP contribution in [0, 0.1) is 23.7 Å². The van der Waals surface area contributed by atoms with Gasteiger partial charge in [-0.05, 0) is 55.9 Å². The van der Waals surface area contributed by atoms with E-state index in [1.54, 1.807) is 0 Å². The van der Waals surface area contributed by atoms with Crippen LogP contribution in [0.3, 0.4) is 0 Å². The van der Waals surface area contributed by atoms with E-state index in [9.17, 15) is 5.11 Å². The molecule has 3 saturated carbocycles. The van der Waals surface area contributed by atoms with Gasteiger partial charge in [-0.15, -0.1) is 0 Å². The molecule has 0 heterocycles. The Morgan fingerprint density at radius 3 is 2.56 bits per heavy atom. The lowest BCUT2D eigenvalue weighted by Crippen LogP contribution is -2.33. The molecule has 0 spiro atoms. The highest BCUT2D eigenvalue weighted by atomic mass is 16.3. The molecule has 0 amide bonds. The number of aliphatic hydroxyl groups excluding tert-OH is 1. The highest BCUT2D eigenvalue weighted by Crippen LogP contribution is 2.47. The van der Waals surface area contributed by atoms with Gasteiger partial charge in [0.2, 0.25) is 0 Å². The first kappa shape index (κ1) is 12.9. The van der Waals surface area contributed by atoms with Crippen LogP contribution in [-0.2, 0) is 0 Å². The van der Waals surface area contributed by atoms with Gasteiger partial charge >= 0.3 is 0 Å². The van der Waals surface area contributed by atoms with Gasteiger partial charge in [0.1, 0.15) is 0 Å². The minimum Gasteiger partial charge on any atom is -0.392 e. The number of rotatable bonds is 6. The lowest BCUT2D eigenvalue weighted by Gasteiger charge is -2.23. The molecule has 0 aromatic carbocycles. The molecule has 0 saturated heterocycles. The Kier molecular flexibility index (Phi) is 4.25. The summed E-state index contributed by atoms with van der Waals surface area (Å²) in [5, 5.41) is 13.6. The summed E-state index contributed by atoms with van der Waals surface area (Å²) >= 11 is 0. The van der Waals surface area contributed by atoms with Gasteiger partial charge < -0.3 is 10.4 Å². The quantitative estimate of drug-likeness (QED) is 0.760. The average Bonchev–Trinajstić information content (AvgIpc) is 3.04. The molecule has 2 nitrogen and oxygen atoms in total. The second-order valence-electron chi connectivity index (χ2n) is 7.13. The molecule has 104 valence electrons. The predicted molar refractivity (Wildman–Crippen MR) is 74.4 cm³/mol. The van der Waals surface area contributed by atoms with Crippen LogP contribution in [0.1, 0.15) is 57.8 Å².